The smallest absolute Gasteiger partial charge is 0.144 e. The van der Waals surface area contributed by atoms with Crippen molar-refractivity contribution >= 4 is 11.3 Å². The molecular formula is C15H10FNO2S. The fourth-order valence-corrected chi connectivity index (χ4v) is 2.27. The molecule has 0 bridgehead atoms. The van der Waals surface area contributed by atoms with Crippen LogP contribution in [0.1, 0.15) is 16.0 Å². The molecular weight excluding hydrogens is 277 g/mol. The van der Waals surface area contributed by atoms with E-state index in [-0.39, 0.29) is 24.5 Å². The number of rotatable bonds is 3. The number of halogens is 1. The summed E-state index contributed by atoms with van der Waals surface area (Å²) in [6.07, 6.45) is 0. The second-order valence-corrected chi connectivity index (χ2v) is 4.77. The van der Waals surface area contributed by atoms with E-state index in [1.165, 1.54) is 23.5 Å². The molecule has 1 aromatic carbocycles. The third kappa shape index (κ3) is 3.36. The van der Waals surface area contributed by atoms with Crippen LogP contribution in [0, 0.1) is 29.0 Å². The lowest BCUT2D eigenvalue weighted by Gasteiger charge is -2.06. The van der Waals surface area contributed by atoms with E-state index in [1.54, 1.807) is 12.1 Å². The predicted molar refractivity (Wildman–Crippen MR) is 73.7 cm³/mol. The molecule has 0 saturated heterocycles. The number of nitriles is 1. The van der Waals surface area contributed by atoms with Crippen LogP contribution in [0.25, 0.3) is 0 Å². The van der Waals surface area contributed by atoms with Crippen molar-refractivity contribution in [1.29, 1.82) is 5.26 Å². The molecule has 0 radical (unpaired) electrons. The van der Waals surface area contributed by atoms with Crippen LogP contribution in [-0.2, 0) is 6.61 Å². The molecule has 5 heteroatoms. The molecule has 1 aromatic heterocycles. The van der Waals surface area contributed by atoms with Crippen molar-refractivity contribution in [3.63, 3.8) is 0 Å². The molecule has 100 valence electrons. The van der Waals surface area contributed by atoms with Crippen LogP contribution >= 0.6 is 11.3 Å². The standard InChI is InChI=1S/C15H10FNO2S/c16-14-4-1-5-15(13(14)8-17)19-9-12-7-11(10-20-12)3-2-6-18/h1,4-5,7,10,18H,6,9H2. The van der Waals surface area contributed by atoms with Crippen molar-refractivity contribution < 1.29 is 14.2 Å². The number of hydrogen-bond donors (Lipinski definition) is 1. The van der Waals surface area contributed by atoms with Gasteiger partial charge >= 0.3 is 0 Å². The molecule has 0 spiro atoms. The quantitative estimate of drug-likeness (QED) is 0.883. The first-order valence-corrected chi connectivity index (χ1v) is 6.61. The van der Waals surface area contributed by atoms with Crippen molar-refractivity contribution in [2.75, 3.05) is 6.61 Å². The summed E-state index contributed by atoms with van der Waals surface area (Å²) in [4.78, 5) is 0.903. The average Bonchev–Trinajstić information content (AvgIpc) is 2.91. The molecule has 0 unspecified atom stereocenters. The fourth-order valence-electron chi connectivity index (χ4n) is 1.55. The van der Waals surface area contributed by atoms with Gasteiger partial charge in [-0.15, -0.1) is 11.3 Å². The lowest BCUT2D eigenvalue weighted by molar-refractivity contribution is 0.307. The number of hydrogen-bond acceptors (Lipinski definition) is 4. The minimum atomic E-state index is -0.592. The Hall–Kier alpha value is -2.34. The normalized spacial score (nSPS) is 9.45. The lowest BCUT2D eigenvalue weighted by atomic mass is 10.2. The summed E-state index contributed by atoms with van der Waals surface area (Å²) in [5, 5.41) is 19.3. The fraction of sp³-hybridized carbons (Fsp3) is 0.133. The Morgan fingerprint density at radius 3 is 3.00 bits per heavy atom. The highest BCUT2D eigenvalue weighted by atomic mass is 32.1. The largest absolute Gasteiger partial charge is 0.487 e. The Morgan fingerprint density at radius 2 is 2.25 bits per heavy atom. The molecule has 2 aromatic rings. The van der Waals surface area contributed by atoms with Gasteiger partial charge < -0.3 is 9.84 Å². The Kier molecular flexibility index (Phi) is 4.73. The molecule has 1 N–H and O–H groups in total. The van der Waals surface area contributed by atoms with Crippen molar-refractivity contribution in [2.24, 2.45) is 0 Å². The van der Waals surface area contributed by atoms with Gasteiger partial charge in [0.25, 0.3) is 0 Å². The van der Waals surface area contributed by atoms with E-state index in [0.717, 1.165) is 10.4 Å². The monoisotopic (exact) mass is 287 g/mol. The third-order valence-electron chi connectivity index (χ3n) is 2.42. The first kappa shape index (κ1) is 14.1. The number of aliphatic hydroxyl groups excluding tert-OH is 1. The van der Waals surface area contributed by atoms with E-state index in [2.05, 4.69) is 11.8 Å². The Bertz CT molecular complexity index is 707. The first-order valence-electron chi connectivity index (χ1n) is 5.73. The zero-order chi connectivity index (χ0) is 14.4. The molecule has 2 rings (SSSR count). The molecule has 0 aliphatic rings. The van der Waals surface area contributed by atoms with Crippen molar-refractivity contribution in [1.82, 2.24) is 0 Å². The maximum absolute atomic E-state index is 13.4. The van der Waals surface area contributed by atoms with Gasteiger partial charge in [-0.2, -0.15) is 5.26 Å². The van der Waals surface area contributed by atoms with Crippen LogP contribution in [0.4, 0.5) is 4.39 Å². The van der Waals surface area contributed by atoms with Crippen molar-refractivity contribution in [3.05, 3.63) is 51.5 Å². The summed E-state index contributed by atoms with van der Waals surface area (Å²) in [6, 6.07) is 7.90. The maximum atomic E-state index is 13.4. The van der Waals surface area contributed by atoms with Gasteiger partial charge in [0.2, 0.25) is 0 Å². The second kappa shape index (κ2) is 6.72. The molecule has 0 amide bonds. The van der Waals surface area contributed by atoms with Crippen LogP contribution in [0.15, 0.2) is 29.6 Å². The summed E-state index contributed by atoms with van der Waals surface area (Å²) in [5.41, 5.74) is 0.701. The number of nitrogens with zero attached hydrogens (tertiary/aromatic N) is 1. The third-order valence-corrected chi connectivity index (χ3v) is 3.33. The van der Waals surface area contributed by atoms with Crippen LogP contribution < -0.4 is 4.74 Å². The SMILES string of the molecule is N#Cc1c(F)cccc1OCc1cc(C#CCO)cs1. The van der Waals surface area contributed by atoms with E-state index in [4.69, 9.17) is 15.1 Å². The summed E-state index contributed by atoms with van der Waals surface area (Å²) in [7, 11) is 0. The number of ether oxygens (including phenoxy) is 1. The van der Waals surface area contributed by atoms with Crippen LogP contribution in [0.2, 0.25) is 0 Å². The molecule has 0 saturated carbocycles. The maximum Gasteiger partial charge on any atom is 0.144 e. The second-order valence-electron chi connectivity index (χ2n) is 3.78. The Labute approximate surface area is 119 Å². The summed E-state index contributed by atoms with van der Waals surface area (Å²) >= 11 is 1.45. The highest BCUT2D eigenvalue weighted by Crippen LogP contribution is 2.23. The molecule has 1 heterocycles. The lowest BCUT2D eigenvalue weighted by Crippen LogP contribution is -1.97. The van der Waals surface area contributed by atoms with Gasteiger partial charge in [0.15, 0.2) is 0 Å². The molecule has 0 fully saturated rings. The topological polar surface area (TPSA) is 53.2 Å². The predicted octanol–water partition coefficient (Wildman–Crippen LogP) is 2.68. The highest BCUT2D eigenvalue weighted by Gasteiger charge is 2.09. The van der Waals surface area contributed by atoms with Gasteiger partial charge in [-0.25, -0.2) is 4.39 Å². The molecule has 3 nitrogen and oxygen atoms in total. The zero-order valence-corrected chi connectivity index (χ0v) is 11.2. The van der Waals surface area contributed by atoms with E-state index >= 15 is 0 Å². The van der Waals surface area contributed by atoms with Crippen LogP contribution in [-0.4, -0.2) is 11.7 Å². The minimum absolute atomic E-state index is 0.0932. The first-order chi connectivity index (χ1) is 9.74. The van der Waals surface area contributed by atoms with Gasteiger partial charge in [0.1, 0.15) is 36.4 Å². The molecule has 0 aliphatic heterocycles. The van der Waals surface area contributed by atoms with E-state index in [1.807, 2.05) is 11.4 Å². The van der Waals surface area contributed by atoms with E-state index < -0.39 is 5.82 Å². The van der Waals surface area contributed by atoms with Crippen molar-refractivity contribution in [2.45, 2.75) is 6.61 Å². The van der Waals surface area contributed by atoms with Gasteiger partial charge in [0, 0.05) is 15.8 Å². The van der Waals surface area contributed by atoms with Crippen LogP contribution in [0.3, 0.4) is 0 Å². The van der Waals surface area contributed by atoms with Gasteiger partial charge in [-0.1, -0.05) is 17.9 Å². The number of benzene rings is 1. The highest BCUT2D eigenvalue weighted by molar-refractivity contribution is 7.10. The Morgan fingerprint density at radius 1 is 1.40 bits per heavy atom. The molecule has 0 atom stereocenters. The number of thiophene rings is 1. The van der Waals surface area contributed by atoms with E-state index in [9.17, 15) is 4.39 Å². The Balaban J connectivity index is 2.08. The van der Waals surface area contributed by atoms with Gasteiger partial charge in [-0.05, 0) is 18.2 Å². The summed E-state index contributed by atoms with van der Waals surface area (Å²) < 4.78 is 18.8. The van der Waals surface area contributed by atoms with E-state index in [0.29, 0.717) is 0 Å². The van der Waals surface area contributed by atoms with Crippen LogP contribution in [0.5, 0.6) is 5.75 Å². The van der Waals surface area contributed by atoms with Gasteiger partial charge in [0.05, 0.1) is 0 Å². The molecule has 0 aliphatic carbocycles. The van der Waals surface area contributed by atoms with Gasteiger partial charge in [-0.3, -0.25) is 0 Å². The average molecular weight is 287 g/mol. The minimum Gasteiger partial charge on any atom is -0.487 e. The summed E-state index contributed by atoms with van der Waals surface area (Å²) in [5.74, 6) is 4.98. The number of aliphatic hydroxyl groups is 1. The van der Waals surface area contributed by atoms with Crippen molar-refractivity contribution in [3.8, 4) is 23.7 Å². The summed E-state index contributed by atoms with van der Waals surface area (Å²) in [6.45, 7) is 0.0557. The zero-order valence-electron chi connectivity index (χ0n) is 10.4. The molecule has 20 heavy (non-hydrogen) atoms.